The molecule has 6 heteroatoms. The minimum atomic E-state index is -0.228. The van der Waals surface area contributed by atoms with Crippen LogP contribution in [0.5, 0.6) is 5.75 Å². The number of fused-ring (bicyclic) bond motifs is 1. The van der Waals surface area contributed by atoms with Gasteiger partial charge < -0.3 is 15.5 Å². The average molecular weight is 355 g/mol. The zero-order valence-electron chi connectivity index (χ0n) is 14.1. The number of nitrogens with zero attached hydrogens (tertiary/aromatic N) is 2. The van der Waals surface area contributed by atoms with Gasteiger partial charge >= 0.3 is 0 Å². The molecule has 25 heavy (non-hydrogen) atoms. The molecule has 1 aromatic carbocycles. The Kier molecular flexibility index (Phi) is 4.31. The highest BCUT2D eigenvalue weighted by atomic mass is 32.1. The molecule has 1 saturated carbocycles. The number of hydrogen-bond donors (Lipinski definition) is 3. The maximum Gasteiger partial charge on any atom is 0.149 e. The van der Waals surface area contributed by atoms with Gasteiger partial charge in [-0.2, -0.15) is 0 Å². The Bertz CT molecular complexity index is 909. The van der Waals surface area contributed by atoms with Gasteiger partial charge in [0.2, 0.25) is 0 Å². The summed E-state index contributed by atoms with van der Waals surface area (Å²) in [4.78, 5) is 0. The smallest absolute Gasteiger partial charge is 0.149 e. The van der Waals surface area contributed by atoms with Crippen molar-refractivity contribution in [3.8, 4) is 17.0 Å². The molecule has 4 rings (SSSR count). The second-order valence-electron chi connectivity index (χ2n) is 6.72. The van der Waals surface area contributed by atoms with Crippen molar-refractivity contribution in [2.24, 2.45) is 0 Å². The van der Waals surface area contributed by atoms with E-state index in [4.69, 9.17) is 0 Å². The van der Waals surface area contributed by atoms with Crippen molar-refractivity contribution in [1.82, 2.24) is 10.2 Å². The van der Waals surface area contributed by atoms with Crippen molar-refractivity contribution < 1.29 is 10.2 Å². The predicted molar refractivity (Wildman–Crippen MR) is 101 cm³/mol. The van der Waals surface area contributed by atoms with Crippen LogP contribution in [0.25, 0.3) is 21.3 Å². The van der Waals surface area contributed by atoms with Crippen molar-refractivity contribution in [2.45, 2.75) is 44.8 Å². The van der Waals surface area contributed by atoms with Crippen molar-refractivity contribution >= 4 is 27.2 Å². The number of phenols is 1. The Morgan fingerprint density at radius 3 is 2.88 bits per heavy atom. The van der Waals surface area contributed by atoms with Crippen molar-refractivity contribution in [1.29, 1.82) is 0 Å². The number of hydrogen-bond acceptors (Lipinski definition) is 6. The molecular formula is C19H21N3O2S. The largest absolute Gasteiger partial charge is 0.507 e. The fourth-order valence-electron chi connectivity index (χ4n) is 3.55. The first-order chi connectivity index (χ1) is 12.1. The van der Waals surface area contributed by atoms with E-state index in [2.05, 4.69) is 15.5 Å². The molecule has 0 aliphatic heterocycles. The Labute approximate surface area is 150 Å². The van der Waals surface area contributed by atoms with Crippen LogP contribution in [0.2, 0.25) is 0 Å². The maximum absolute atomic E-state index is 10.6. The van der Waals surface area contributed by atoms with Gasteiger partial charge in [0.1, 0.15) is 11.6 Å². The van der Waals surface area contributed by atoms with E-state index in [9.17, 15) is 10.2 Å². The lowest BCUT2D eigenvalue weighted by atomic mass is 9.93. The zero-order valence-corrected chi connectivity index (χ0v) is 14.9. The first-order valence-corrected chi connectivity index (χ1v) is 9.48. The number of aromatic nitrogens is 2. The number of nitrogens with one attached hydrogen (secondary N) is 1. The molecule has 0 amide bonds. The van der Waals surface area contributed by atoms with Gasteiger partial charge in [0.15, 0.2) is 0 Å². The first kappa shape index (κ1) is 16.3. The Morgan fingerprint density at radius 1 is 1.20 bits per heavy atom. The summed E-state index contributed by atoms with van der Waals surface area (Å²) < 4.78 is 1.06. The third-order valence-electron chi connectivity index (χ3n) is 4.84. The normalized spacial score (nSPS) is 20.7. The van der Waals surface area contributed by atoms with E-state index in [1.54, 1.807) is 11.3 Å². The van der Waals surface area contributed by atoms with Crippen LogP contribution in [-0.4, -0.2) is 32.6 Å². The van der Waals surface area contributed by atoms with Gasteiger partial charge in [-0.1, -0.05) is 0 Å². The molecule has 0 bridgehead atoms. The van der Waals surface area contributed by atoms with E-state index in [0.717, 1.165) is 47.2 Å². The monoisotopic (exact) mass is 355 g/mol. The molecule has 2 heterocycles. The molecule has 3 N–H and O–H groups in total. The van der Waals surface area contributed by atoms with E-state index in [0.29, 0.717) is 11.3 Å². The third kappa shape index (κ3) is 3.19. The van der Waals surface area contributed by atoms with Crippen LogP contribution in [0.1, 0.15) is 31.2 Å². The highest BCUT2D eigenvalue weighted by Gasteiger charge is 2.21. The molecule has 1 aliphatic carbocycles. The molecule has 0 saturated heterocycles. The number of phenolic OH excluding ortho intramolecular Hbond substituents is 1. The van der Waals surface area contributed by atoms with Crippen LogP contribution < -0.4 is 5.32 Å². The standard InChI is InChI=1S/C19H21N3O2S/c1-11-9-17(20-12-3-2-4-13(23)10-12)21-22-18(11)15-5-6-16-14(19(15)24)7-8-25-16/h5-9,12-13,23-24H,2-4,10H2,1H3,(H,20,21)/t12-,13?/m1/s1. The van der Waals surface area contributed by atoms with Gasteiger partial charge in [0.05, 0.1) is 11.8 Å². The quantitative estimate of drug-likeness (QED) is 0.659. The van der Waals surface area contributed by atoms with E-state index < -0.39 is 0 Å². The number of benzene rings is 1. The van der Waals surface area contributed by atoms with Gasteiger partial charge in [-0.25, -0.2) is 0 Å². The van der Waals surface area contributed by atoms with Crippen LogP contribution >= 0.6 is 11.3 Å². The number of aliphatic hydroxyl groups excluding tert-OH is 1. The van der Waals surface area contributed by atoms with Gasteiger partial charge in [-0.3, -0.25) is 0 Å². The number of anilines is 1. The first-order valence-electron chi connectivity index (χ1n) is 8.60. The lowest BCUT2D eigenvalue weighted by Crippen LogP contribution is -2.30. The lowest BCUT2D eigenvalue weighted by molar-refractivity contribution is 0.124. The molecule has 2 atom stereocenters. The molecule has 130 valence electrons. The molecule has 1 aliphatic rings. The predicted octanol–water partition coefficient (Wildman–Crippen LogP) is 4.09. The van der Waals surface area contributed by atoms with E-state index >= 15 is 0 Å². The number of aryl methyl sites for hydroxylation is 1. The van der Waals surface area contributed by atoms with Crippen molar-refractivity contribution in [3.63, 3.8) is 0 Å². The summed E-state index contributed by atoms with van der Waals surface area (Å²) in [6.07, 6.45) is 3.46. The molecule has 2 aromatic heterocycles. The molecule has 1 fully saturated rings. The molecule has 5 nitrogen and oxygen atoms in total. The summed E-state index contributed by atoms with van der Waals surface area (Å²) in [5.74, 6) is 0.976. The molecule has 3 aromatic rings. The van der Waals surface area contributed by atoms with Crippen LogP contribution in [0.4, 0.5) is 5.82 Å². The molecule has 0 radical (unpaired) electrons. The number of aromatic hydroxyl groups is 1. The number of thiophene rings is 1. The maximum atomic E-state index is 10.6. The summed E-state index contributed by atoms with van der Waals surface area (Å²) in [7, 11) is 0. The van der Waals surface area contributed by atoms with Crippen molar-refractivity contribution in [2.75, 3.05) is 5.32 Å². The van der Waals surface area contributed by atoms with Crippen LogP contribution in [0.15, 0.2) is 29.6 Å². The molecule has 1 unspecified atom stereocenters. The number of aliphatic hydroxyl groups is 1. The summed E-state index contributed by atoms with van der Waals surface area (Å²) in [6, 6.07) is 8.02. The fraction of sp³-hybridized carbons (Fsp3) is 0.368. The van der Waals surface area contributed by atoms with E-state index in [1.807, 2.05) is 36.6 Å². The minimum absolute atomic E-state index is 0.228. The molecular weight excluding hydrogens is 334 g/mol. The van der Waals surface area contributed by atoms with Gasteiger partial charge in [0, 0.05) is 21.7 Å². The van der Waals surface area contributed by atoms with E-state index in [1.165, 1.54) is 0 Å². The second-order valence-corrected chi connectivity index (χ2v) is 7.66. The summed E-state index contributed by atoms with van der Waals surface area (Å²) in [5, 5.41) is 35.2. The molecule has 0 spiro atoms. The SMILES string of the molecule is Cc1cc(N[C@@H]2CCCC(O)C2)nnc1-c1ccc2sccc2c1O. The Balaban J connectivity index is 1.61. The zero-order chi connectivity index (χ0) is 17.4. The average Bonchev–Trinajstić information content (AvgIpc) is 3.06. The highest BCUT2D eigenvalue weighted by molar-refractivity contribution is 7.17. The third-order valence-corrected chi connectivity index (χ3v) is 5.73. The Morgan fingerprint density at radius 2 is 2.08 bits per heavy atom. The van der Waals surface area contributed by atoms with E-state index in [-0.39, 0.29) is 17.9 Å². The topological polar surface area (TPSA) is 78.3 Å². The van der Waals surface area contributed by atoms with Gasteiger partial charge in [-0.05, 0) is 67.8 Å². The minimum Gasteiger partial charge on any atom is -0.507 e. The van der Waals surface area contributed by atoms with Gasteiger partial charge in [0.25, 0.3) is 0 Å². The highest BCUT2D eigenvalue weighted by Crippen LogP contribution is 2.38. The number of rotatable bonds is 3. The van der Waals surface area contributed by atoms with Crippen LogP contribution in [0, 0.1) is 6.92 Å². The second kappa shape index (κ2) is 6.61. The van der Waals surface area contributed by atoms with Crippen LogP contribution in [0.3, 0.4) is 0 Å². The summed E-state index contributed by atoms with van der Waals surface area (Å²) in [6.45, 7) is 1.97. The van der Waals surface area contributed by atoms with Gasteiger partial charge in [-0.15, -0.1) is 21.5 Å². The summed E-state index contributed by atoms with van der Waals surface area (Å²) >= 11 is 1.61. The lowest BCUT2D eigenvalue weighted by Gasteiger charge is -2.27. The van der Waals surface area contributed by atoms with Crippen LogP contribution in [-0.2, 0) is 0 Å². The summed E-state index contributed by atoms with van der Waals surface area (Å²) in [5.41, 5.74) is 2.36. The fourth-order valence-corrected chi connectivity index (χ4v) is 4.33. The van der Waals surface area contributed by atoms with Crippen molar-refractivity contribution in [3.05, 3.63) is 35.2 Å². The Hall–Kier alpha value is -2.18.